The first-order valence-electron chi connectivity index (χ1n) is 10.4. The number of benzene rings is 4. The minimum Gasteiger partial charge on any atom is -0.438 e. The van der Waals surface area contributed by atoms with E-state index in [4.69, 9.17) is 4.42 Å². The van der Waals surface area contributed by atoms with E-state index in [9.17, 15) is 8.42 Å². The van der Waals surface area contributed by atoms with E-state index in [0.29, 0.717) is 22.5 Å². The molecule has 0 radical (unpaired) electrons. The van der Waals surface area contributed by atoms with Crippen molar-refractivity contribution in [3.63, 3.8) is 0 Å². The van der Waals surface area contributed by atoms with Gasteiger partial charge in [-0.3, -0.25) is 4.90 Å². The second-order valence-electron chi connectivity index (χ2n) is 7.93. The normalized spacial score (nSPS) is 14.2. The highest BCUT2D eigenvalue weighted by atomic mass is 32.2. The molecule has 0 saturated carbocycles. The van der Waals surface area contributed by atoms with Crippen LogP contribution in [-0.2, 0) is 9.84 Å². The van der Waals surface area contributed by atoms with Gasteiger partial charge in [0.1, 0.15) is 10.5 Å². The first-order chi connectivity index (χ1) is 15.6. The Kier molecular flexibility index (Phi) is 4.04. The summed E-state index contributed by atoms with van der Waals surface area (Å²) in [5, 5.41) is 0.608. The highest BCUT2D eigenvalue weighted by Gasteiger charge is 2.40. The zero-order valence-corrected chi connectivity index (χ0v) is 18.1. The molecule has 1 aliphatic rings. The van der Waals surface area contributed by atoms with Gasteiger partial charge in [0.2, 0.25) is 15.7 Å². The smallest absolute Gasteiger partial charge is 0.225 e. The lowest BCUT2D eigenvalue weighted by Gasteiger charge is -2.31. The molecule has 0 bridgehead atoms. The van der Waals surface area contributed by atoms with E-state index in [-0.39, 0.29) is 9.79 Å². The van der Waals surface area contributed by atoms with Crippen LogP contribution < -0.4 is 4.90 Å². The molecule has 5 heteroatoms. The number of furan rings is 1. The van der Waals surface area contributed by atoms with Crippen LogP contribution in [0.25, 0.3) is 22.1 Å². The highest BCUT2D eigenvalue weighted by molar-refractivity contribution is 7.92. The molecule has 0 amide bonds. The van der Waals surface area contributed by atoms with Crippen molar-refractivity contribution in [2.45, 2.75) is 16.7 Å². The number of nitrogens with zero attached hydrogens (tertiary/aromatic N) is 1. The number of hydrogen-bond donors (Lipinski definition) is 0. The Balaban J connectivity index is 1.73. The molecule has 0 aliphatic carbocycles. The molecule has 1 aliphatic heterocycles. The molecule has 32 heavy (non-hydrogen) atoms. The van der Waals surface area contributed by atoms with Crippen molar-refractivity contribution in [1.82, 2.24) is 0 Å². The number of aryl methyl sites for hydroxylation is 1. The van der Waals surface area contributed by atoms with Gasteiger partial charge in [-0.25, -0.2) is 8.42 Å². The van der Waals surface area contributed by atoms with Gasteiger partial charge >= 0.3 is 0 Å². The number of fused-ring (bicyclic) bond motifs is 4. The summed E-state index contributed by atoms with van der Waals surface area (Å²) in [6, 6.07) is 30.8. The van der Waals surface area contributed by atoms with E-state index in [0.717, 1.165) is 22.4 Å². The zero-order chi connectivity index (χ0) is 21.9. The molecule has 0 saturated heterocycles. The summed E-state index contributed by atoms with van der Waals surface area (Å²) >= 11 is 0. The Labute approximate surface area is 186 Å². The summed E-state index contributed by atoms with van der Waals surface area (Å²) in [5.74, 6) is 0.327. The Morgan fingerprint density at radius 3 is 2.25 bits per heavy atom. The molecule has 1 aromatic heterocycles. The van der Waals surface area contributed by atoms with Crippen molar-refractivity contribution in [2.75, 3.05) is 4.90 Å². The molecule has 0 fully saturated rings. The quantitative estimate of drug-likeness (QED) is 0.292. The Morgan fingerprint density at radius 1 is 0.750 bits per heavy atom. The summed E-state index contributed by atoms with van der Waals surface area (Å²) in [7, 11) is -3.76. The van der Waals surface area contributed by atoms with Crippen LogP contribution in [0.1, 0.15) is 5.56 Å². The van der Waals surface area contributed by atoms with Crippen LogP contribution in [0, 0.1) is 6.92 Å². The SMILES string of the molecule is Cc1ccc2oc3c(c2c1)S(=O)(=O)c1ccccc1N3c1ccccc1-c1ccccc1. The summed E-state index contributed by atoms with van der Waals surface area (Å²) in [6.07, 6.45) is 0. The van der Waals surface area contributed by atoms with E-state index >= 15 is 0 Å². The number of anilines is 3. The van der Waals surface area contributed by atoms with Crippen LogP contribution in [0.2, 0.25) is 0 Å². The lowest BCUT2D eigenvalue weighted by Crippen LogP contribution is -2.21. The Bertz CT molecular complexity index is 1600. The average molecular weight is 438 g/mol. The number of rotatable bonds is 2. The maximum Gasteiger partial charge on any atom is 0.225 e. The number of sulfone groups is 1. The van der Waals surface area contributed by atoms with Crippen LogP contribution in [-0.4, -0.2) is 8.42 Å². The van der Waals surface area contributed by atoms with Crippen LogP contribution in [0.5, 0.6) is 0 Å². The third kappa shape index (κ3) is 2.65. The molecule has 0 N–H and O–H groups in total. The Morgan fingerprint density at radius 2 is 1.44 bits per heavy atom. The second-order valence-corrected chi connectivity index (χ2v) is 9.78. The minimum atomic E-state index is -3.76. The van der Waals surface area contributed by atoms with Gasteiger partial charge in [-0.05, 0) is 42.8 Å². The van der Waals surface area contributed by atoms with E-state index in [2.05, 4.69) is 0 Å². The molecular formula is C27H19NO3S. The van der Waals surface area contributed by atoms with Gasteiger partial charge in [-0.1, -0.05) is 72.3 Å². The van der Waals surface area contributed by atoms with Crippen molar-refractivity contribution >= 4 is 38.1 Å². The van der Waals surface area contributed by atoms with Crippen LogP contribution in [0.3, 0.4) is 0 Å². The van der Waals surface area contributed by atoms with E-state index in [1.54, 1.807) is 12.1 Å². The minimum absolute atomic E-state index is 0.220. The summed E-state index contributed by atoms with van der Waals surface area (Å²) in [6.45, 7) is 1.95. The van der Waals surface area contributed by atoms with Crippen molar-refractivity contribution in [2.24, 2.45) is 0 Å². The predicted octanol–water partition coefficient (Wildman–Crippen LogP) is 7.02. The van der Waals surface area contributed by atoms with Gasteiger partial charge in [-0.2, -0.15) is 0 Å². The number of para-hydroxylation sites is 2. The maximum atomic E-state index is 13.7. The van der Waals surface area contributed by atoms with Crippen molar-refractivity contribution in [3.8, 4) is 11.1 Å². The molecule has 0 unspecified atom stereocenters. The largest absolute Gasteiger partial charge is 0.438 e. The average Bonchev–Trinajstić information content (AvgIpc) is 3.19. The third-order valence-corrected chi connectivity index (χ3v) is 7.73. The fourth-order valence-electron chi connectivity index (χ4n) is 4.44. The molecule has 0 spiro atoms. The fourth-order valence-corrected chi connectivity index (χ4v) is 6.17. The first-order valence-corrected chi connectivity index (χ1v) is 11.9. The van der Waals surface area contributed by atoms with Crippen LogP contribution in [0.4, 0.5) is 17.3 Å². The molecule has 0 atom stereocenters. The van der Waals surface area contributed by atoms with Crippen LogP contribution in [0.15, 0.2) is 111 Å². The van der Waals surface area contributed by atoms with Gasteiger partial charge in [0, 0.05) is 10.9 Å². The van der Waals surface area contributed by atoms with Crippen molar-refractivity contribution in [3.05, 3.63) is 103 Å². The van der Waals surface area contributed by atoms with Gasteiger partial charge in [0.25, 0.3) is 0 Å². The molecule has 5 aromatic rings. The molecule has 2 heterocycles. The molecule has 4 nitrogen and oxygen atoms in total. The van der Waals surface area contributed by atoms with E-state index in [1.807, 2.05) is 96.8 Å². The number of hydrogen-bond acceptors (Lipinski definition) is 4. The molecule has 4 aromatic carbocycles. The molecule has 6 rings (SSSR count). The van der Waals surface area contributed by atoms with Gasteiger partial charge in [-0.15, -0.1) is 0 Å². The molecular weight excluding hydrogens is 418 g/mol. The standard InChI is InChI=1S/C27H19NO3S/c1-18-15-16-24-21(17-18)26-27(31-24)28(23-13-7-8-14-25(23)32(26,29)30)22-12-6-5-11-20(22)19-9-3-2-4-10-19/h2-17H,1H3. The van der Waals surface area contributed by atoms with Gasteiger partial charge < -0.3 is 4.42 Å². The summed E-state index contributed by atoms with van der Waals surface area (Å²) in [5.41, 5.74) is 5.01. The van der Waals surface area contributed by atoms with Crippen molar-refractivity contribution < 1.29 is 12.8 Å². The highest BCUT2D eigenvalue weighted by Crippen LogP contribution is 2.53. The van der Waals surface area contributed by atoms with Crippen LogP contribution >= 0.6 is 0 Å². The summed E-state index contributed by atoms with van der Waals surface area (Å²) < 4.78 is 33.7. The summed E-state index contributed by atoms with van der Waals surface area (Å²) in [4.78, 5) is 2.43. The Hall–Kier alpha value is -3.83. The molecule has 156 valence electrons. The van der Waals surface area contributed by atoms with Gasteiger partial charge in [0.15, 0.2) is 0 Å². The third-order valence-electron chi connectivity index (χ3n) is 5.88. The monoisotopic (exact) mass is 437 g/mol. The zero-order valence-electron chi connectivity index (χ0n) is 17.3. The lowest BCUT2D eigenvalue weighted by molar-refractivity contribution is 0.581. The fraction of sp³-hybridized carbons (Fsp3) is 0.0370. The van der Waals surface area contributed by atoms with Gasteiger partial charge in [0.05, 0.1) is 16.3 Å². The predicted molar refractivity (Wildman–Crippen MR) is 127 cm³/mol. The first kappa shape index (κ1) is 18.9. The van der Waals surface area contributed by atoms with E-state index in [1.165, 1.54) is 0 Å². The lowest BCUT2D eigenvalue weighted by atomic mass is 10.0. The topological polar surface area (TPSA) is 50.5 Å². The second kappa shape index (κ2) is 6.84. The van der Waals surface area contributed by atoms with E-state index < -0.39 is 9.84 Å². The van der Waals surface area contributed by atoms with Crippen molar-refractivity contribution in [1.29, 1.82) is 0 Å². The maximum absolute atomic E-state index is 13.7.